The Morgan fingerprint density at radius 1 is 1.60 bits per heavy atom. The van der Waals surface area contributed by atoms with Crippen LogP contribution in [0.25, 0.3) is 0 Å². The van der Waals surface area contributed by atoms with Gasteiger partial charge >= 0.3 is 5.35 Å². The molecule has 0 bridgehead atoms. The highest BCUT2D eigenvalue weighted by Crippen LogP contribution is 2.05. The number of hydrogen-bond acceptors (Lipinski definition) is 3. The normalized spacial score (nSPS) is 10.2. The molecule has 10 heavy (non-hydrogen) atoms. The van der Waals surface area contributed by atoms with Crippen molar-refractivity contribution in [3.05, 3.63) is 11.2 Å². The topological polar surface area (TPSA) is 38.9 Å². The van der Waals surface area contributed by atoms with E-state index < -0.39 is 0 Å². The van der Waals surface area contributed by atoms with Crippen molar-refractivity contribution < 1.29 is 4.52 Å². The number of halogens is 1. The maximum Gasteiger partial charge on any atom is 0.320 e. The molecule has 1 heterocycles. The van der Waals surface area contributed by atoms with Crippen molar-refractivity contribution in [2.75, 3.05) is 0 Å². The first-order chi connectivity index (χ1) is 4.83. The van der Waals surface area contributed by atoms with Gasteiger partial charge in [-0.15, -0.1) is 0 Å². The second-order valence-electron chi connectivity index (χ2n) is 2.07. The second kappa shape index (κ2) is 3.56. The summed E-state index contributed by atoms with van der Waals surface area (Å²) in [6.07, 6.45) is 3.06. The van der Waals surface area contributed by atoms with E-state index >= 15 is 0 Å². The van der Waals surface area contributed by atoms with Crippen LogP contribution >= 0.6 is 11.6 Å². The van der Waals surface area contributed by atoms with Crippen LogP contribution < -0.4 is 0 Å². The molecule has 0 aliphatic heterocycles. The van der Waals surface area contributed by atoms with Crippen molar-refractivity contribution in [3.63, 3.8) is 0 Å². The van der Waals surface area contributed by atoms with Gasteiger partial charge in [0.25, 0.3) is 0 Å². The lowest BCUT2D eigenvalue weighted by Gasteiger charge is -1.86. The van der Waals surface area contributed by atoms with Crippen LogP contribution in [0.4, 0.5) is 0 Å². The Morgan fingerprint density at radius 2 is 2.40 bits per heavy atom. The Bertz CT molecular complexity index is 199. The lowest BCUT2D eigenvalue weighted by atomic mass is 10.2. The molecule has 0 aliphatic rings. The molecule has 56 valence electrons. The maximum atomic E-state index is 5.40. The number of aromatic nitrogens is 2. The van der Waals surface area contributed by atoms with Crippen molar-refractivity contribution in [2.45, 2.75) is 26.2 Å². The largest absolute Gasteiger partial charge is 0.321 e. The zero-order valence-corrected chi connectivity index (χ0v) is 6.56. The predicted molar refractivity (Wildman–Crippen MR) is 37.9 cm³/mol. The predicted octanol–water partition coefficient (Wildman–Crippen LogP) is 2.07. The third kappa shape index (κ3) is 1.99. The van der Waals surface area contributed by atoms with E-state index in [2.05, 4.69) is 21.6 Å². The first kappa shape index (κ1) is 7.54. The fourth-order valence-electron chi connectivity index (χ4n) is 0.669. The van der Waals surface area contributed by atoms with Gasteiger partial charge in [0.2, 0.25) is 0 Å². The monoisotopic (exact) mass is 160 g/mol. The smallest absolute Gasteiger partial charge is 0.320 e. The van der Waals surface area contributed by atoms with Crippen molar-refractivity contribution in [1.29, 1.82) is 0 Å². The van der Waals surface area contributed by atoms with Crippen molar-refractivity contribution in [2.24, 2.45) is 0 Å². The van der Waals surface area contributed by atoms with Crippen LogP contribution in [0.5, 0.6) is 0 Å². The number of rotatable bonds is 3. The maximum absolute atomic E-state index is 5.40. The van der Waals surface area contributed by atoms with Crippen LogP contribution in [0, 0.1) is 0 Å². The molecule has 0 saturated heterocycles. The van der Waals surface area contributed by atoms with Gasteiger partial charge in [0.15, 0.2) is 5.82 Å². The molecular formula is C6H9ClN2O. The van der Waals surface area contributed by atoms with Gasteiger partial charge < -0.3 is 4.52 Å². The summed E-state index contributed by atoms with van der Waals surface area (Å²) in [7, 11) is 0. The Labute approximate surface area is 64.4 Å². The van der Waals surface area contributed by atoms with Crippen LogP contribution in [0.15, 0.2) is 4.52 Å². The molecule has 1 aromatic heterocycles. The standard InChI is InChI=1S/C6H9ClN2O/c1-2-3-4-5-8-6(7)10-9-5/h2-4H2,1H3. The first-order valence-corrected chi connectivity index (χ1v) is 3.69. The third-order valence-electron chi connectivity index (χ3n) is 1.20. The van der Waals surface area contributed by atoms with Crippen molar-refractivity contribution in [3.8, 4) is 0 Å². The summed E-state index contributed by atoms with van der Waals surface area (Å²) in [5, 5.41) is 3.77. The van der Waals surface area contributed by atoms with E-state index in [0.717, 1.165) is 19.3 Å². The van der Waals surface area contributed by atoms with Gasteiger partial charge in [-0.1, -0.05) is 18.5 Å². The van der Waals surface area contributed by atoms with E-state index in [1.54, 1.807) is 0 Å². The molecule has 0 amide bonds. The molecule has 1 rings (SSSR count). The fraction of sp³-hybridized carbons (Fsp3) is 0.667. The minimum atomic E-state index is 0.131. The van der Waals surface area contributed by atoms with Crippen molar-refractivity contribution >= 4 is 11.6 Å². The molecular weight excluding hydrogens is 152 g/mol. The van der Waals surface area contributed by atoms with Crippen LogP contribution in [0.3, 0.4) is 0 Å². The number of aryl methyl sites for hydroxylation is 1. The van der Waals surface area contributed by atoms with Gasteiger partial charge in [-0.2, -0.15) is 4.98 Å². The summed E-state index contributed by atoms with van der Waals surface area (Å²) in [6, 6.07) is 0. The van der Waals surface area contributed by atoms with Crippen LogP contribution in [0.2, 0.25) is 5.35 Å². The van der Waals surface area contributed by atoms with Crippen LogP contribution in [-0.2, 0) is 6.42 Å². The third-order valence-corrected chi connectivity index (χ3v) is 1.35. The number of unbranched alkanes of at least 4 members (excludes halogenated alkanes) is 1. The minimum absolute atomic E-state index is 0.131. The van der Waals surface area contributed by atoms with E-state index in [0.29, 0.717) is 5.82 Å². The summed E-state index contributed by atoms with van der Waals surface area (Å²) >= 11 is 5.40. The zero-order valence-electron chi connectivity index (χ0n) is 5.80. The average molecular weight is 161 g/mol. The lowest BCUT2D eigenvalue weighted by molar-refractivity contribution is 0.411. The van der Waals surface area contributed by atoms with E-state index in [-0.39, 0.29) is 5.35 Å². The number of nitrogens with zero attached hydrogens (tertiary/aromatic N) is 2. The van der Waals surface area contributed by atoms with Gasteiger partial charge in [0.05, 0.1) is 0 Å². The van der Waals surface area contributed by atoms with Crippen molar-refractivity contribution in [1.82, 2.24) is 10.1 Å². The van der Waals surface area contributed by atoms with Gasteiger partial charge in [-0.3, -0.25) is 0 Å². The van der Waals surface area contributed by atoms with E-state index in [4.69, 9.17) is 11.6 Å². The molecule has 0 aliphatic carbocycles. The Balaban J connectivity index is 2.42. The molecule has 0 fully saturated rings. The summed E-state index contributed by atoms with van der Waals surface area (Å²) in [5.74, 6) is 0.701. The SMILES string of the molecule is CCCCc1noc(Cl)n1. The molecule has 3 nitrogen and oxygen atoms in total. The second-order valence-corrected chi connectivity index (χ2v) is 2.39. The van der Waals surface area contributed by atoms with E-state index in [9.17, 15) is 0 Å². The summed E-state index contributed by atoms with van der Waals surface area (Å²) in [5.41, 5.74) is 0. The molecule has 0 saturated carbocycles. The Kier molecular flexibility index (Phi) is 2.68. The molecule has 0 spiro atoms. The van der Waals surface area contributed by atoms with Gasteiger partial charge in [-0.05, 0) is 18.0 Å². The minimum Gasteiger partial charge on any atom is -0.321 e. The molecule has 0 N–H and O–H groups in total. The zero-order chi connectivity index (χ0) is 7.40. The van der Waals surface area contributed by atoms with E-state index in [1.165, 1.54) is 0 Å². The van der Waals surface area contributed by atoms with Crippen LogP contribution in [0.1, 0.15) is 25.6 Å². The lowest BCUT2D eigenvalue weighted by Crippen LogP contribution is -1.85. The number of hydrogen-bond donors (Lipinski definition) is 0. The summed E-state index contributed by atoms with van der Waals surface area (Å²) in [6.45, 7) is 2.11. The quantitative estimate of drug-likeness (QED) is 0.680. The highest BCUT2D eigenvalue weighted by Gasteiger charge is 2.00. The molecule has 4 heteroatoms. The van der Waals surface area contributed by atoms with Gasteiger partial charge in [0, 0.05) is 6.42 Å². The Morgan fingerprint density at radius 3 is 2.90 bits per heavy atom. The Hall–Kier alpha value is -0.570. The molecule has 0 aromatic carbocycles. The molecule has 0 atom stereocenters. The highest BCUT2D eigenvalue weighted by molar-refractivity contribution is 6.27. The highest BCUT2D eigenvalue weighted by atomic mass is 35.5. The fourth-order valence-corrected chi connectivity index (χ4v) is 0.801. The average Bonchev–Trinajstić information content (AvgIpc) is 2.31. The van der Waals surface area contributed by atoms with Gasteiger partial charge in [-0.25, -0.2) is 0 Å². The summed E-state index contributed by atoms with van der Waals surface area (Å²) in [4.78, 5) is 3.84. The summed E-state index contributed by atoms with van der Waals surface area (Å²) < 4.78 is 4.57. The first-order valence-electron chi connectivity index (χ1n) is 3.31. The molecule has 1 aromatic rings. The molecule has 0 unspecified atom stereocenters. The van der Waals surface area contributed by atoms with E-state index in [1.807, 2.05) is 0 Å². The molecule has 0 radical (unpaired) electrons. The van der Waals surface area contributed by atoms with Gasteiger partial charge in [0.1, 0.15) is 0 Å². The van der Waals surface area contributed by atoms with Crippen LogP contribution in [-0.4, -0.2) is 10.1 Å².